The Bertz CT molecular complexity index is 626. The Morgan fingerprint density at radius 3 is 2.94 bits per heavy atom. The van der Waals surface area contributed by atoms with E-state index in [2.05, 4.69) is 40.3 Å². The Morgan fingerprint density at radius 2 is 2.12 bits per heavy atom. The fourth-order valence-corrected chi connectivity index (χ4v) is 1.85. The van der Waals surface area contributed by atoms with Crippen molar-refractivity contribution in [3.05, 3.63) is 48.3 Å². The van der Waals surface area contributed by atoms with Gasteiger partial charge in [0, 0.05) is 23.3 Å². The number of nitrogens with zero attached hydrogens (tertiary/aromatic N) is 2. The van der Waals surface area contributed by atoms with E-state index >= 15 is 0 Å². The normalized spacial score (nSPS) is 10.8. The predicted molar refractivity (Wildman–Crippen MR) is 64.1 cm³/mol. The van der Waals surface area contributed by atoms with Crippen LogP contribution in [0.4, 0.5) is 0 Å². The highest BCUT2D eigenvalue weighted by molar-refractivity contribution is 5.93. The molecular formula is C13H11N3. The Hall–Kier alpha value is -2.16. The topological polar surface area (TPSA) is 41.6 Å². The van der Waals surface area contributed by atoms with Crippen molar-refractivity contribution in [3.63, 3.8) is 0 Å². The van der Waals surface area contributed by atoms with E-state index in [9.17, 15) is 0 Å². The van der Waals surface area contributed by atoms with Gasteiger partial charge in [0.25, 0.3) is 0 Å². The maximum atomic E-state index is 4.34. The minimum Gasteiger partial charge on any atom is -0.277 e. The summed E-state index contributed by atoms with van der Waals surface area (Å²) < 4.78 is 0. The van der Waals surface area contributed by atoms with E-state index in [0.29, 0.717) is 0 Å². The van der Waals surface area contributed by atoms with Crippen molar-refractivity contribution >= 4 is 10.9 Å². The van der Waals surface area contributed by atoms with Crippen LogP contribution < -0.4 is 0 Å². The average Bonchev–Trinajstić information content (AvgIpc) is 2.73. The molecule has 0 bridgehead atoms. The van der Waals surface area contributed by atoms with Crippen molar-refractivity contribution < 1.29 is 0 Å². The van der Waals surface area contributed by atoms with Gasteiger partial charge in [-0.25, -0.2) is 0 Å². The first kappa shape index (κ1) is 9.09. The van der Waals surface area contributed by atoms with Crippen LogP contribution in [0.1, 0.15) is 5.56 Å². The third-order valence-corrected chi connectivity index (χ3v) is 2.65. The van der Waals surface area contributed by atoms with Gasteiger partial charge in [0.1, 0.15) is 5.69 Å². The van der Waals surface area contributed by atoms with E-state index < -0.39 is 0 Å². The van der Waals surface area contributed by atoms with E-state index in [0.717, 1.165) is 22.2 Å². The van der Waals surface area contributed by atoms with Crippen molar-refractivity contribution in [2.45, 2.75) is 6.92 Å². The first-order valence-electron chi connectivity index (χ1n) is 5.20. The van der Waals surface area contributed by atoms with E-state index in [1.54, 1.807) is 6.20 Å². The summed E-state index contributed by atoms with van der Waals surface area (Å²) in [4.78, 5) is 4.12. The molecule has 0 spiro atoms. The third kappa shape index (κ3) is 1.37. The van der Waals surface area contributed by atoms with Gasteiger partial charge in [0.15, 0.2) is 0 Å². The summed E-state index contributed by atoms with van der Waals surface area (Å²) in [7, 11) is 0. The van der Waals surface area contributed by atoms with Crippen molar-refractivity contribution in [2.24, 2.45) is 0 Å². The zero-order valence-corrected chi connectivity index (χ0v) is 8.94. The number of nitrogens with one attached hydrogen (secondary N) is 1. The number of hydrogen-bond donors (Lipinski definition) is 1. The number of aromatic amines is 1. The van der Waals surface area contributed by atoms with Crippen LogP contribution in [0.5, 0.6) is 0 Å². The largest absolute Gasteiger partial charge is 0.277 e. The Balaban J connectivity index is 2.29. The van der Waals surface area contributed by atoms with Crippen LogP contribution in [0.15, 0.2) is 42.7 Å². The molecule has 2 heterocycles. The Morgan fingerprint density at radius 1 is 1.19 bits per heavy atom. The van der Waals surface area contributed by atoms with Crippen LogP contribution in [0.25, 0.3) is 22.2 Å². The molecule has 0 aliphatic carbocycles. The fraction of sp³-hybridized carbons (Fsp3) is 0.0769. The number of pyridine rings is 1. The van der Waals surface area contributed by atoms with Gasteiger partial charge >= 0.3 is 0 Å². The maximum Gasteiger partial charge on any atom is 0.101 e. The second-order valence-corrected chi connectivity index (χ2v) is 3.86. The van der Waals surface area contributed by atoms with E-state index in [1.807, 2.05) is 18.3 Å². The fourth-order valence-electron chi connectivity index (χ4n) is 1.85. The van der Waals surface area contributed by atoms with Gasteiger partial charge < -0.3 is 0 Å². The van der Waals surface area contributed by atoms with Crippen LogP contribution in [0.3, 0.4) is 0 Å². The molecule has 3 heteroatoms. The second kappa shape index (κ2) is 3.45. The van der Waals surface area contributed by atoms with Crippen molar-refractivity contribution in [2.75, 3.05) is 0 Å². The highest BCUT2D eigenvalue weighted by Gasteiger charge is 2.07. The zero-order valence-electron chi connectivity index (χ0n) is 8.94. The molecule has 78 valence electrons. The molecule has 0 fully saturated rings. The molecule has 0 aliphatic heterocycles. The summed E-state index contributed by atoms with van der Waals surface area (Å²) in [5, 5.41) is 8.52. The minimum atomic E-state index is 0.965. The van der Waals surface area contributed by atoms with Crippen LogP contribution in [-0.4, -0.2) is 15.2 Å². The molecule has 0 saturated carbocycles. The molecule has 3 aromatic rings. The summed E-state index contributed by atoms with van der Waals surface area (Å²) >= 11 is 0. The molecule has 3 nitrogen and oxygen atoms in total. The standard InChI is InChI=1S/C13H11N3/c1-9-4-5-12-11(7-9)13(16-15-12)10-3-2-6-14-8-10/h2-8H,1H3,(H,15,16). The number of aryl methyl sites for hydroxylation is 1. The molecular weight excluding hydrogens is 198 g/mol. The highest BCUT2D eigenvalue weighted by Crippen LogP contribution is 2.25. The number of fused-ring (bicyclic) bond motifs is 1. The number of aromatic nitrogens is 3. The van der Waals surface area contributed by atoms with Gasteiger partial charge in [-0.05, 0) is 31.2 Å². The molecule has 1 N–H and O–H groups in total. The number of benzene rings is 1. The molecule has 2 aromatic heterocycles. The lowest BCUT2D eigenvalue weighted by molar-refractivity contribution is 1.12. The maximum absolute atomic E-state index is 4.34. The summed E-state index contributed by atoms with van der Waals surface area (Å²) in [5.41, 5.74) is 4.30. The molecule has 0 atom stereocenters. The zero-order chi connectivity index (χ0) is 11.0. The number of rotatable bonds is 1. The Labute approximate surface area is 93.2 Å². The van der Waals surface area contributed by atoms with Crippen molar-refractivity contribution in [3.8, 4) is 11.3 Å². The lowest BCUT2D eigenvalue weighted by Gasteiger charge is -1.97. The molecule has 0 radical (unpaired) electrons. The molecule has 16 heavy (non-hydrogen) atoms. The molecule has 0 unspecified atom stereocenters. The summed E-state index contributed by atoms with van der Waals surface area (Å²) in [6.45, 7) is 2.08. The van der Waals surface area contributed by atoms with E-state index in [1.165, 1.54) is 5.56 Å². The lowest BCUT2D eigenvalue weighted by Crippen LogP contribution is -1.80. The molecule has 1 aromatic carbocycles. The molecule has 0 aliphatic rings. The van der Waals surface area contributed by atoms with Crippen LogP contribution in [-0.2, 0) is 0 Å². The predicted octanol–water partition coefficient (Wildman–Crippen LogP) is 2.93. The van der Waals surface area contributed by atoms with Crippen LogP contribution in [0.2, 0.25) is 0 Å². The SMILES string of the molecule is Cc1ccc2[nH]nc(-c3cccnc3)c2c1. The van der Waals surface area contributed by atoms with Crippen LogP contribution in [0, 0.1) is 6.92 Å². The van der Waals surface area contributed by atoms with Crippen molar-refractivity contribution in [1.82, 2.24) is 15.2 Å². The molecule has 0 amide bonds. The quantitative estimate of drug-likeness (QED) is 0.669. The summed E-state index contributed by atoms with van der Waals surface area (Å²) in [5.74, 6) is 0. The third-order valence-electron chi connectivity index (χ3n) is 2.65. The Kier molecular flexibility index (Phi) is 1.96. The second-order valence-electron chi connectivity index (χ2n) is 3.86. The van der Waals surface area contributed by atoms with Gasteiger partial charge in [0.05, 0.1) is 5.52 Å². The lowest BCUT2D eigenvalue weighted by atomic mass is 10.1. The molecule has 3 rings (SSSR count). The number of H-pyrrole nitrogens is 1. The summed E-state index contributed by atoms with van der Waals surface area (Å²) in [6, 6.07) is 10.2. The minimum absolute atomic E-state index is 0.965. The van der Waals surface area contributed by atoms with Gasteiger partial charge in [-0.1, -0.05) is 11.6 Å². The van der Waals surface area contributed by atoms with E-state index in [4.69, 9.17) is 0 Å². The van der Waals surface area contributed by atoms with E-state index in [-0.39, 0.29) is 0 Å². The highest BCUT2D eigenvalue weighted by atomic mass is 15.1. The first-order valence-corrected chi connectivity index (χ1v) is 5.20. The molecule has 0 saturated heterocycles. The average molecular weight is 209 g/mol. The first-order chi connectivity index (χ1) is 7.84. The van der Waals surface area contributed by atoms with Gasteiger partial charge in [0.2, 0.25) is 0 Å². The monoisotopic (exact) mass is 209 g/mol. The van der Waals surface area contributed by atoms with Crippen molar-refractivity contribution in [1.29, 1.82) is 0 Å². The van der Waals surface area contributed by atoms with Gasteiger partial charge in [-0.2, -0.15) is 5.10 Å². The van der Waals surface area contributed by atoms with Gasteiger partial charge in [-0.15, -0.1) is 0 Å². The van der Waals surface area contributed by atoms with Crippen LogP contribution >= 0.6 is 0 Å². The smallest absolute Gasteiger partial charge is 0.101 e. The summed E-state index contributed by atoms with van der Waals surface area (Å²) in [6.07, 6.45) is 3.60. The van der Waals surface area contributed by atoms with Gasteiger partial charge in [-0.3, -0.25) is 10.1 Å². The number of hydrogen-bond acceptors (Lipinski definition) is 2.